The molecule has 0 saturated heterocycles. The van der Waals surface area contributed by atoms with E-state index in [2.05, 4.69) is 0 Å². The Kier molecular flexibility index (Phi) is 6.36. The van der Waals surface area contributed by atoms with E-state index in [4.69, 9.17) is 32.7 Å². The first kappa shape index (κ1) is 24.2. The summed E-state index contributed by atoms with van der Waals surface area (Å²) in [6.07, 6.45) is 4.58. The van der Waals surface area contributed by atoms with E-state index in [0.29, 0.717) is 45.5 Å². The molecule has 0 unspecified atom stereocenters. The van der Waals surface area contributed by atoms with Gasteiger partial charge in [-0.1, -0.05) is 59.6 Å². The minimum atomic E-state index is -0.351. The van der Waals surface area contributed by atoms with Gasteiger partial charge in [-0.05, 0) is 82.9 Å². The Morgan fingerprint density at radius 1 is 0.553 bits per heavy atom. The summed E-state index contributed by atoms with van der Waals surface area (Å²) in [7, 11) is 0. The van der Waals surface area contributed by atoms with Crippen LogP contribution >= 0.6 is 23.2 Å². The molecule has 4 nitrogen and oxygen atoms in total. The normalized spacial score (nSPS) is 16.6. The highest BCUT2D eigenvalue weighted by Gasteiger charge is 2.25. The summed E-state index contributed by atoms with van der Waals surface area (Å²) in [4.78, 5) is 25.2. The van der Waals surface area contributed by atoms with Crippen LogP contribution in [-0.4, -0.2) is 11.9 Å². The average Bonchev–Trinajstić information content (AvgIpc) is 2.91. The smallest absolute Gasteiger partial charge is 0.339 e. The molecule has 0 N–H and O–H groups in total. The van der Waals surface area contributed by atoms with Gasteiger partial charge in [0.05, 0.1) is 0 Å². The van der Waals surface area contributed by atoms with Crippen LogP contribution in [0.5, 0.6) is 11.5 Å². The molecule has 2 aliphatic heterocycles. The van der Waals surface area contributed by atoms with Crippen molar-refractivity contribution in [3.63, 3.8) is 0 Å². The maximum atomic E-state index is 12.6. The van der Waals surface area contributed by atoms with Crippen LogP contribution in [0.1, 0.15) is 22.3 Å². The lowest BCUT2D eigenvalue weighted by Crippen LogP contribution is -2.19. The van der Waals surface area contributed by atoms with Gasteiger partial charge in [-0.15, -0.1) is 0 Å². The molecule has 38 heavy (non-hydrogen) atoms. The lowest BCUT2D eigenvalue weighted by molar-refractivity contribution is -0.131. The number of fused-ring (bicyclic) bond motifs is 2. The molecule has 4 aromatic rings. The van der Waals surface area contributed by atoms with Crippen molar-refractivity contribution in [1.82, 2.24) is 0 Å². The van der Waals surface area contributed by atoms with Gasteiger partial charge in [0.15, 0.2) is 0 Å². The van der Waals surface area contributed by atoms with Crippen LogP contribution in [0.25, 0.3) is 23.3 Å². The fourth-order valence-electron chi connectivity index (χ4n) is 4.62. The third kappa shape index (κ3) is 5.01. The lowest BCUT2D eigenvalue weighted by Gasteiger charge is -2.21. The monoisotopic (exact) mass is 538 g/mol. The van der Waals surface area contributed by atoms with Crippen molar-refractivity contribution in [3.05, 3.63) is 128 Å². The molecular weight excluding hydrogens is 519 g/mol. The Morgan fingerprint density at radius 2 is 0.947 bits per heavy atom. The number of ether oxygens (including phenoxy) is 2. The number of esters is 2. The van der Waals surface area contributed by atoms with Crippen molar-refractivity contribution >= 4 is 47.3 Å². The zero-order valence-corrected chi connectivity index (χ0v) is 21.6. The molecule has 0 spiro atoms. The second kappa shape index (κ2) is 9.97. The van der Waals surface area contributed by atoms with E-state index in [0.717, 1.165) is 33.4 Å². The number of hydrogen-bond donors (Lipinski definition) is 0. The van der Waals surface area contributed by atoms with Crippen LogP contribution in [0.3, 0.4) is 0 Å². The van der Waals surface area contributed by atoms with Crippen molar-refractivity contribution < 1.29 is 19.1 Å². The second-order valence-corrected chi connectivity index (χ2v) is 10.1. The van der Waals surface area contributed by atoms with Crippen molar-refractivity contribution in [1.29, 1.82) is 0 Å². The molecule has 6 rings (SSSR count). The Labute approximate surface area is 229 Å². The van der Waals surface area contributed by atoms with E-state index >= 15 is 0 Å². The predicted molar refractivity (Wildman–Crippen MR) is 149 cm³/mol. The SMILES string of the molecule is O=C1Oc2ccc(-c3ccc4c(c3)C/C(=C\c3ccc(Cl)cc3)C(=O)O4)cc2C/C1=C\c1ccc(Cl)cc1. The third-order valence-electron chi connectivity index (χ3n) is 6.57. The summed E-state index contributed by atoms with van der Waals surface area (Å²) in [6.45, 7) is 0. The van der Waals surface area contributed by atoms with Crippen molar-refractivity contribution in [2.45, 2.75) is 12.8 Å². The molecule has 0 amide bonds. The second-order valence-electron chi connectivity index (χ2n) is 9.22. The topological polar surface area (TPSA) is 52.6 Å². The maximum Gasteiger partial charge on any atom is 0.339 e. The van der Waals surface area contributed by atoms with Crippen molar-refractivity contribution in [2.75, 3.05) is 0 Å². The zero-order chi connectivity index (χ0) is 26.2. The number of hydrogen-bond acceptors (Lipinski definition) is 4. The Morgan fingerprint density at radius 3 is 1.34 bits per heavy atom. The summed E-state index contributed by atoms with van der Waals surface area (Å²) >= 11 is 12.0. The molecule has 0 atom stereocenters. The molecule has 2 aliphatic rings. The first-order valence-corrected chi connectivity index (χ1v) is 12.8. The Hall–Kier alpha value is -4.12. The van der Waals surface area contributed by atoms with Gasteiger partial charge >= 0.3 is 11.9 Å². The molecule has 0 bridgehead atoms. The summed E-state index contributed by atoms with van der Waals surface area (Å²) in [5.74, 6) is 0.422. The zero-order valence-electron chi connectivity index (χ0n) is 20.0. The van der Waals surface area contributed by atoms with E-state index in [-0.39, 0.29) is 11.9 Å². The molecular formula is C32H20Cl2O4. The average molecular weight is 539 g/mol. The molecule has 0 aromatic heterocycles. The van der Waals surface area contributed by atoms with Gasteiger partial charge in [0.1, 0.15) is 11.5 Å². The van der Waals surface area contributed by atoms with Gasteiger partial charge in [0.2, 0.25) is 0 Å². The van der Waals surface area contributed by atoms with Gasteiger partial charge in [0.25, 0.3) is 0 Å². The van der Waals surface area contributed by atoms with Crippen molar-refractivity contribution in [3.8, 4) is 22.6 Å². The molecule has 4 aromatic carbocycles. The standard InChI is InChI=1S/C32H20Cl2O4/c33-27-7-1-19(2-8-27)13-25-17-23-15-21(5-11-29(23)37-31(25)35)22-6-12-30-24(16-22)18-26(32(36)38-30)14-20-3-9-28(34)10-4-20/h1-16H,17-18H2/b25-13+,26-14+. The van der Waals surface area contributed by atoms with E-state index in [1.54, 1.807) is 24.3 Å². The van der Waals surface area contributed by atoms with E-state index in [1.807, 2.05) is 72.8 Å². The summed E-state index contributed by atoms with van der Waals surface area (Å²) in [5, 5.41) is 1.28. The number of benzene rings is 4. The quantitative estimate of drug-likeness (QED) is 0.152. The highest BCUT2D eigenvalue weighted by atomic mass is 35.5. The third-order valence-corrected chi connectivity index (χ3v) is 7.07. The van der Waals surface area contributed by atoms with Gasteiger partial charge in [-0.2, -0.15) is 0 Å². The van der Waals surface area contributed by atoms with E-state index < -0.39 is 0 Å². The molecule has 0 radical (unpaired) electrons. The minimum absolute atomic E-state index is 0.351. The molecule has 186 valence electrons. The summed E-state index contributed by atoms with van der Waals surface area (Å²) < 4.78 is 11.2. The number of carbonyl (C=O) groups excluding carboxylic acids is 2. The highest BCUT2D eigenvalue weighted by Crippen LogP contribution is 2.36. The van der Waals surface area contributed by atoms with Crippen LogP contribution in [0.2, 0.25) is 10.0 Å². The van der Waals surface area contributed by atoms with Gasteiger partial charge < -0.3 is 9.47 Å². The maximum absolute atomic E-state index is 12.6. The molecule has 0 saturated carbocycles. The fraction of sp³-hybridized carbons (Fsp3) is 0.0625. The first-order valence-electron chi connectivity index (χ1n) is 12.0. The molecule has 2 heterocycles. The van der Waals surface area contributed by atoms with Gasteiger partial charge in [0, 0.05) is 45.2 Å². The van der Waals surface area contributed by atoms with Gasteiger partial charge in [-0.3, -0.25) is 0 Å². The largest absolute Gasteiger partial charge is 0.423 e. The lowest BCUT2D eigenvalue weighted by atomic mass is 9.93. The van der Waals surface area contributed by atoms with Crippen LogP contribution in [-0.2, 0) is 22.4 Å². The fourth-order valence-corrected chi connectivity index (χ4v) is 4.87. The van der Waals surface area contributed by atoms with Crippen molar-refractivity contribution in [2.24, 2.45) is 0 Å². The summed E-state index contributed by atoms with van der Waals surface area (Å²) in [6, 6.07) is 26.2. The summed E-state index contributed by atoms with van der Waals surface area (Å²) in [5.41, 5.74) is 6.73. The van der Waals surface area contributed by atoms with E-state index in [1.165, 1.54) is 0 Å². The first-order chi connectivity index (χ1) is 18.4. The number of halogens is 2. The van der Waals surface area contributed by atoms with Crippen LogP contribution in [0.4, 0.5) is 0 Å². The minimum Gasteiger partial charge on any atom is -0.423 e. The number of rotatable bonds is 3. The van der Waals surface area contributed by atoms with Crippen LogP contribution in [0, 0.1) is 0 Å². The van der Waals surface area contributed by atoms with Crippen LogP contribution in [0.15, 0.2) is 96.1 Å². The van der Waals surface area contributed by atoms with Crippen LogP contribution < -0.4 is 9.47 Å². The Bertz CT molecular complexity index is 1520. The highest BCUT2D eigenvalue weighted by molar-refractivity contribution is 6.30. The van der Waals surface area contributed by atoms with Gasteiger partial charge in [-0.25, -0.2) is 9.59 Å². The Balaban J connectivity index is 1.28. The van der Waals surface area contributed by atoms with E-state index in [9.17, 15) is 9.59 Å². The molecule has 0 fully saturated rings. The molecule has 6 heteroatoms. The number of carbonyl (C=O) groups is 2. The predicted octanol–water partition coefficient (Wildman–Crippen LogP) is 7.75. The molecule has 0 aliphatic carbocycles.